The zero-order valence-corrected chi connectivity index (χ0v) is 13.0. The highest BCUT2D eigenvalue weighted by molar-refractivity contribution is 5.62. The lowest BCUT2D eigenvalue weighted by Gasteiger charge is -2.35. The molecule has 6 nitrogen and oxygen atoms in total. The van der Waals surface area contributed by atoms with Crippen molar-refractivity contribution in [3.05, 3.63) is 33.9 Å². The summed E-state index contributed by atoms with van der Waals surface area (Å²) in [5.41, 5.74) is 1.68. The largest absolute Gasteiger partial charge is 0.383 e. The first kappa shape index (κ1) is 15.7. The number of nitro benzene ring substituents is 1. The Bertz CT molecular complexity index is 506. The van der Waals surface area contributed by atoms with Crippen LogP contribution in [0.4, 0.5) is 11.4 Å². The number of hydrogen-bond acceptors (Lipinski definition) is 5. The van der Waals surface area contributed by atoms with Gasteiger partial charge < -0.3 is 10.2 Å². The van der Waals surface area contributed by atoms with Gasteiger partial charge in [-0.15, -0.1) is 0 Å². The summed E-state index contributed by atoms with van der Waals surface area (Å²) in [6.45, 7) is 2.96. The predicted molar refractivity (Wildman–Crippen MR) is 84.6 cm³/mol. The van der Waals surface area contributed by atoms with Crippen LogP contribution in [-0.4, -0.2) is 55.0 Å². The molecule has 1 atom stereocenters. The minimum atomic E-state index is -0.330. The van der Waals surface area contributed by atoms with Crippen molar-refractivity contribution in [2.45, 2.75) is 25.4 Å². The Morgan fingerprint density at radius 2 is 2.29 bits per heavy atom. The van der Waals surface area contributed by atoms with Gasteiger partial charge in [0.05, 0.1) is 4.92 Å². The van der Waals surface area contributed by atoms with Crippen LogP contribution in [-0.2, 0) is 6.54 Å². The first-order valence-electron chi connectivity index (χ1n) is 7.35. The van der Waals surface area contributed by atoms with Gasteiger partial charge in [0.25, 0.3) is 5.69 Å². The van der Waals surface area contributed by atoms with E-state index in [1.165, 1.54) is 12.8 Å². The summed E-state index contributed by atoms with van der Waals surface area (Å²) in [5, 5.41) is 14.0. The molecule has 0 spiro atoms. The highest BCUT2D eigenvalue weighted by atomic mass is 16.6. The van der Waals surface area contributed by atoms with Crippen LogP contribution in [0, 0.1) is 10.1 Å². The zero-order valence-electron chi connectivity index (χ0n) is 13.0. The fourth-order valence-corrected chi connectivity index (χ4v) is 2.95. The van der Waals surface area contributed by atoms with E-state index in [0.717, 1.165) is 25.2 Å². The van der Waals surface area contributed by atoms with Crippen molar-refractivity contribution in [2.24, 2.45) is 0 Å². The Morgan fingerprint density at radius 3 is 2.90 bits per heavy atom. The number of nitrogens with zero attached hydrogens (tertiary/aromatic N) is 3. The van der Waals surface area contributed by atoms with E-state index in [1.54, 1.807) is 19.2 Å². The summed E-state index contributed by atoms with van der Waals surface area (Å²) < 4.78 is 0. The molecule has 0 saturated carbocycles. The number of hydrogen-bond donors (Lipinski definition) is 1. The third-order valence-corrected chi connectivity index (χ3v) is 4.18. The second-order valence-corrected chi connectivity index (χ2v) is 5.83. The predicted octanol–water partition coefficient (Wildman–Crippen LogP) is 2.16. The van der Waals surface area contributed by atoms with Crippen LogP contribution in [0.5, 0.6) is 0 Å². The molecule has 1 aliphatic heterocycles. The van der Waals surface area contributed by atoms with Crippen molar-refractivity contribution in [3.8, 4) is 0 Å². The monoisotopic (exact) mass is 292 g/mol. The molecule has 1 N–H and O–H groups in total. The quantitative estimate of drug-likeness (QED) is 0.665. The van der Waals surface area contributed by atoms with Gasteiger partial charge in [-0.05, 0) is 45.1 Å². The first-order valence-corrected chi connectivity index (χ1v) is 7.35. The third kappa shape index (κ3) is 3.92. The van der Waals surface area contributed by atoms with Crippen LogP contribution < -0.4 is 5.32 Å². The molecule has 0 radical (unpaired) electrons. The fourth-order valence-electron chi connectivity index (χ4n) is 2.95. The second kappa shape index (κ2) is 6.87. The number of likely N-dealkylation sites (N-methyl/N-ethyl adjacent to an activating group) is 2. The Hall–Kier alpha value is -1.66. The van der Waals surface area contributed by atoms with Crippen molar-refractivity contribution in [1.29, 1.82) is 0 Å². The Kier molecular flexibility index (Phi) is 5.14. The summed E-state index contributed by atoms with van der Waals surface area (Å²) in [4.78, 5) is 15.4. The van der Waals surface area contributed by atoms with Crippen LogP contribution in [0.3, 0.4) is 0 Å². The van der Waals surface area contributed by atoms with Crippen molar-refractivity contribution in [2.75, 3.05) is 39.5 Å². The molecule has 6 heteroatoms. The number of nitro groups is 1. The summed E-state index contributed by atoms with van der Waals surface area (Å²) in [7, 11) is 5.94. The minimum absolute atomic E-state index is 0.143. The molecule has 0 bridgehead atoms. The van der Waals surface area contributed by atoms with Gasteiger partial charge in [0.15, 0.2) is 0 Å². The van der Waals surface area contributed by atoms with Crippen LogP contribution in [0.15, 0.2) is 18.2 Å². The summed E-state index contributed by atoms with van der Waals surface area (Å²) in [6, 6.07) is 5.94. The van der Waals surface area contributed by atoms with Crippen molar-refractivity contribution in [1.82, 2.24) is 9.80 Å². The topological polar surface area (TPSA) is 61.6 Å². The standard InChI is InChI=1S/C15H24N4O2/c1-16-14-7-6-12(9-15(14)19(20)21)10-18(3)13-5-4-8-17(2)11-13/h6-7,9,13,16H,4-5,8,10-11H2,1-3H3. The molecule has 1 saturated heterocycles. The zero-order chi connectivity index (χ0) is 15.4. The van der Waals surface area contributed by atoms with Gasteiger partial charge in [-0.25, -0.2) is 0 Å². The van der Waals surface area contributed by atoms with E-state index in [4.69, 9.17) is 0 Å². The van der Waals surface area contributed by atoms with Gasteiger partial charge in [-0.2, -0.15) is 0 Å². The van der Waals surface area contributed by atoms with Crippen molar-refractivity contribution < 1.29 is 4.92 Å². The number of nitrogens with one attached hydrogen (secondary N) is 1. The molecule has 1 unspecified atom stereocenters. The number of benzene rings is 1. The Morgan fingerprint density at radius 1 is 1.52 bits per heavy atom. The lowest BCUT2D eigenvalue weighted by atomic mass is 10.0. The summed E-state index contributed by atoms with van der Waals surface area (Å²) in [5.74, 6) is 0. The van der Waals surface area contributed by atoms with Gasteiger partial charge in [0.2, 0.25) is 0 Å². The minimum Gasteiger partial charge on any atom is -0.383 e. The van der Waals surface area contributed by atoms with Crippen LogP contribution in [0.2, 0.25) is 0 Å². The molecule has 1 aromatic carbocycles. The molecule has 0 amide bonds. The van der Waals surface area contributed by atoms with Gasteiger partial charge in [-0.1, -0.05) is 6.07 Å². The van der Waals surface area contributed by atoms with E-state index in [9.17, 15) is 10.1 Å². The lowest BCUT2D eigenvalue weighted by molar-refractivity contribution is -0.384. The Balaban J connectivity index is 2.08. The molecule has 2 rings (SSSR count). The molecule has 21 heavy (non-hydrogen) atoms. The normalized spacial score (nSPS) is 19.7. The van der Waals surface area contributed by atoms with Gasteiger partial charge in [-0.3, -0.25) is 15.0 Å². The number of likely N-dealkylation sites (tertiary alicyclic amines) is 1. The number of piperidine rings is 1. The number of anilines is 1. The van der Waals surface area contributed by atoms with E-state index >= 15 is 0 Å². The average Bonchev–Trinajstić information content (AvgIpc) is 2.47. The van der Waals surface area contributed by atoms with E-state index < -0.39 is 0 Å². The maximum Gasteiger partial charge on any atom is 0.292 e. The third-order valence-electron chi connectivity index (χ3n) is 4.18. The van der Waals surface area contributed by atoms with E-state index in [-0.39, 0.29) is 10.6 Å². The maximum absolute atomic E-state index is 11.1. The highest BCUT2D eigenvalue weighted by Gasteiger charge is 2.22. The van der Waals surface area contributed by atoms with Crippen LogP contribution in [0.25, 0.3) is 0 Å². The Labute approximate surface area is 125 Å². The lowest BCUT2D eigenvalue weighted by Crippen LogP contribution is -2.44. The molecule has 1 heterocycles. The second-order valence-electron chi connectivity index (χ2n) is 5.83. The maximum atomic E-state index is 11.1. The molecule has 1 fully saturated rings. The van der Waals surface area contributed by atoms with Gasteiger partial charge in [0.1, 0.15) is 5.69 Å². The average molecular weight is 292 g/mol. The van der Waals surface area contributed by atoms with Crippen molar-refractivity contribution >= 4 is 11.4 Å². The number of rotatable bonds is 5. The fraction of sp³-hybridized carbons (Fsp3) is 0.600. The molecule has 0 aromatic heterocycles. The van der Waals surface area contributed by atoms with Gasteiger partial charge >= 0.3 is 0 Å². The summed E-state index contributed by atoms with van der Waals surface area (Å²) >= 11 is 0. The molecular formula is C15H24N4O2. The highest BCUT2D eigenvalue weighted by Crippen LogP contribution is 2.26. The SMILES string of the molecule is CNc1ccc(CN(C)C2CCCN(C)C2)cc1[N+](=O)[O-]. The molecule has 116 valence electrons. The van der Waals surface area contributed by atoms with E-state index in [2.05, 4.69) is 29.2 Å². The van der Waals surface area contributed by atoms with E-state index in [1.807, 2.05) is 6.07 Å². The molecule has 1 aromatic rings. The summed E-state index contributed by atoms with van der Waals surface area (Å²) in [6.07, 6.45) is 2.40. The van der Waals surface area contributed by atoms with Crippen LogP contribution in [0.1, 0.15) is 18.4 Å². The smallest absolute Gasteiger partial charge is 0.292 e. The first-order chi connectivity index (χ1) is 10.0. The molecular weight excluding hydrogens is 268 g/mol. The van der Waals surface area contributed by atoms with E-state index in [0.29, 0.717) is 11.7 Å². The molecule has 0 aliphatic carbocycles. The van der Waals surface area contributed by atoms with Gasteiger partial charge in [0, 0.05) is 32.2 Å². The molecule has 1 aliphatic rings. The van der Waals surface area contributed by atoms with Crippen molar-refractivity contribution in [3.63, 3.8) is 0 Å². The van der Waals surface area contributed by atoms with Crippen LogP contribution >= 0.6 is 0 Å².